The standard InChI is InChI=1S/C30H28BrNO4S/c1-3-8-24-17-23(18-26(35-2)28(24)36-20-22-12-14-25(31)15-13-22)19-27-29(33)32(30(34)37-27)16-7-11-21-9-5-4-6-10-21/h3-6,9-10,12-15,17-19H,1,7-8,11,16,20H2,2H3/b27-19+. The van der Waals surface area contributed by atoms with E-state index in [1.807, 2.05) is 66.7 Å². The zero-order valence-electron chi connectivity index (χ0n) is 20.6. The SMILES string of the molecule is C=CCc1cc(/C=C2/SC(=O)N(CCCc3ccccc3)C2=O)cc(OC)c1OCc1ccc(Br)cc1. The van der Waals surface area contributed by atoms with Crippen molar-refractivity contribution in [2.24, 2.45) is 0 Å². The molecule has 0 atom stereocenters. The molecule has 0 saturated carbocycles. The number of imide groups is 1. The molecule has 37 heavy (non-hydrogen) atoms. The van der Waals surface area contributed by atoms with E-state index < -0.39 is 0 Å². The van der Waals surface area contributed by atoms with Gasteiger partial charge in [-0.25, -0.2) is 0 Å². The maximum Gasteiger partial charge on any atom is 0.293 e. The molecule has 4 rings (SSSR count). The lowest BCUT2D eigenvalue weighted by Gasteiger charge is -2.16. The molecule has 190 valence electrons. The van der Waals surface area contributed by atoms with Gasteiger partial charge in [0.2, 0.25) is 0 Å². The van der Waals surface area contributed by atoms with Gasteiger partial charge in [0.1, 0.15) is 6.61 Å². The van der Waals surface area contributed by atoms with Crippen molar-refractivity contribution in [3.63, 3.8) is 0 Å². The van der Waals surface area contributed by atoms with E-state index in [0.29, 0.717) is 36.0 Å². The summed E-state index contributed by atoms with van der Waals surface area (Å²) in [6.07, 6.45) is 5.64. The van der Waals surface area contributed by atoms with Crippen LogP contribution < -0.4 is 9.47 Å². The van der Waals surface area contributed by atoms with Gasteiger partial charge in [0.25, 0.3) is 11.1 Å². The fourth-order valence-corrected chi connectivity index (χ4v) is 5.19. The summed E-state index contributed by atoms with van der Waals surface area (Å²) in [6, 6.07) is 21.8. The first-order valence-corrected chi connectivity index (χ1v) is 13.6. The number of thioether (sulfide) groups is 1. The van der Waals surface area contributed by atoms with Crippen LogP contribution >= 0.6 is 27.7 Å². The van der Waals surface area contributed by atoms with E-state index in [-0.39, 0.29) is 11.1 Å². The van der Waals surface area contributed by atoms with Gasteiger partial charge in [-0.2, -0.15) is 0 Å². The summed E-state index contributed by atoms with van der Waals surface area (Å²) in [7, 11) is 1.59. The van der Waals surface area contributed by atoms with Crippen molar-refractivity contribution in [3.8, 4) is 11.5 Å². The van der Waals surface area contributed by atoms with Crippen LogP contribution in [0.4, 0.5) is 4.79 Å². The van der Waals surface area contributed by atoms with Gasteiger partial charge in [0.15, 0.2) is 11.5 Å². The number of hydrogen-bond donors (Lipinski definition) is 0. The van der Waals surface area contributed by atoms with E-state index in [2.05, 4.69) is 22.5 Å². The largest absolute Gasteiger partial charge is 0.493 e. The average molecular weight is 579 g/mol. The molecule has 1 saturated heterocycles. The molecule has 0 unspecified atom stereocenters. The van der Waals surface area contributed by atoms with Crippen molar-refractivity contribution in [3.05, 3.63) is 111 Å². The molecule has 2 amide bonds. The number of rotatable bonds is 11. The number of allylic oxidation sites excluding steroid dienone is 1. The summed E-state index contributed by atoms with van der Waals surface area (Å²) in [5.74, 6) is 0.934. The number of hydrogen-bond acceptors (Lipinski definition) is 5. The smallest absolute Gasteiger partial charge is 0.293 e. The highest BCUT2D eigenvalue weighted by atomic mass is 79.9. The lowest BCUT2D eigenvalue weighted by Crippen LogP contribution is -2.29. The van der Waals surface area contributed by atoms with Gasteiger partial charge in [-0.3, -0.25) is 14.5 Å². The predicted molar refractivity (Wildman–Crippen MR) is 153 cm³/mol. The summed E-state index contributed by atoms with van der Waals surface area (Å²) in [4.78, 5) is 27.3. The zero-order valence-corrected chi connectivity index (χ0v) is 23.0. The monoisotopic (exact) mass is 577 g/mol. The number of carbonyl (C=O) groups is 2. The van der Waals surface area contributed by atoms with Crippen LogP contribution in [0.2, 0.25) is 0 Å². The number of ether oxygens (including phenoxy) is 2. The third-order valence-corrected chi connectivity index (χ3v) is 7.33. The number of methoxy groups -OCH3 is 1. The molecular formula is C30H28BrNO4S. The molecule has 3 aromatic rings. The Kier molecular flexibility index (Phi) is 9.25. The second kappa shape index (κ2) is 12.8. The third-order valence-electron chi connectivity index (χ3n) is 5.90. The van der Waals surface area contributed by atoms with E-state index in [9.17, 15) is 9.59 Å². The molecule has 0 spiro atoms. The summed E-state index contributed by atoms with van der Waals surface area (Å²) < 4.78 is 12.8. The fourth-order valence-electron chi connectivity index (χ4n) is 4.06. The van der Waals surface area contributed by atoms with Crippen molar-refractivity contribution >= 4 is 44.9 Å². The van der Waals surface area contributed by atoms with Crippen molar-refractivity contribution in [1.29, 1.82) is 0 Å². The number of aryl methyl sites for hydroxylation is 1. The molecular weight excluding hydrogens is 550 g/mol. The number of carbonyl (C=O) groups excluding carboxylic acids is 2. The molecule has 0 aromatic heterocycles. The van der Waals surface area contributed by atoms with Crippen LogP contribution in [0.25, 0.3) is 6.08 Å². The van der Waals surface area contributed by atoms with Crippen molar-refractivity contribution in [1.82, 2.24) is 4.90 Å². The quantitative estimate of drug-likeness (QED) is 0.175. The van der Waals surface area contributed by atoms with Crippen LogP contribution in [-0.4, -0.2) is 29.7 Å². The Morgan fingerprint density at radius 3 is 2.49 bits per heavy atom. The minimum atomic E-state index is -0.261. The molecule has 1 fully saturated rings. The minimum absolute atomic E-state index is 0.239. The van der Waals surface area contributed by atoms with Crippen LogP contribution in [0, 0.1) is 0 Å². The molecule has 1 aliphatic rings. The molecule has 5 nitrogen and oxygen atoms in total. The van der Waals surface area contributed by atoms with Gasteiger partial charge in [-0.1, -0.05) is 64.5 Å². The normalized spacial score (nSPS) is 14.3. The minimum Gasteiger partial charge on any atom is -0.493 e. The topological polar surface area (TPSA) is 55.8 Å². The molecule has 0 N–H and O–H groups in total. The van der Waals surface area contributed by atoms with Gasteiger partial charge in [-0.15, -0.1) is 6.58 Å². The Balaban J connectivity index is 1.50. The lowest BCUT2D eigenvalue weighted by atomic mass is 10.0. The van der Waals surface area contributed by atoms with Gasteiger partial charge in [0, 0.05) is 16.6 Å². The molecule has 0 bridgehead atoms. The van der Waals surface area contributed by atoms with Crippen LogP contribution in [0.5, 0.6) is 11.5 Å². The second-order valence-electron chi connectivity index (χ2n) is 8.54. The molecule has 1 heterocycles. The van der Waals surface area contributed by atoms with Gasteiger partial charge >= 0.3 is 0 Å². The molecule has 0 aliphatic carbocycles. The fraction of sp³-hybridized carbons (Fsp3) is 0.200. The van der Waals surface area contributed by atoms with Crippen LogP contribution in [0.15, 0.2) is 88.8 Å². The first-order chi connectivity index (χ1) is 18.0. The lowest BCUT2D eigenvalue weighted by molar-refractivity contribution is -0.122. The average Bonchev–Trinajstić information content (AvgIpc) is 3.17. The molecule has 1 aliphatic heterocycles. The van der Waals surface area contributed by atoms with E-state index in [1.165, 1.54) is 10.5 Å². The van der Waals surface area contributed by atoms with Crippen LogP contribution in [-0.2, 0) is 24.2 Å². The van der Waals surface area contributed by atoms with E-state index in [1.54, 1.807) is 19.3 Å². The molecule has 0 radical (unpaired) electrons. The number of benzene rings is 3. The van der Waals surface area contributed by atoms with Crippen molar-refractivity contribution < 1.29 is 19.1 Å². The van der Waals surface area contributed by atoms with Gasteiger partial charge < -0.3 is 9.47 Å². The Bertz CT molecular complexity index is 1310. The Morgan fingerprint density at radius 2 is 1.78 bits per heavy atom. The predicted octanol–water partition coefficient (Wildman–Crippen LogP) is 7.43. The number of halogens is 1. The second-order valence-corrected chi connectivity index (χ2v) is 10.5. The van der Waals surface area contributed by atoms with Crippen molar-refractivity contribution in [2.45, 2.75) is 25.9 Å². The Labute approximate surface area is 230 Å². The Morgan fingerprint density at radius 1 is 1.03 bits per heavy atom. The Hall–Kier alpha value is -3.29. The van der Waals surface area contributed by atoms with Gasteiger partial charge in [0.05, 0.1) is 12.0 Å². The number of amides is 2. The highest BCUT2D eigenvalue weighted by Gasteiger charge is 2.34. The summed E-state index contributed by atoms with van der Waals surface area (Å²) in [6.45, 7) is 4.65. The first kappa shape index (κ1) is 26.8. The summed E-state index contributed by atoms with van der Waals surface area (Å²) in [5, 5.41) is -0.239. The van der Waals surface area contributed by atoms with Gasteiger partial charge in [-0.05, 0) is 78.1 Å². The number of nitrogens with zero attached hydrogens (tertiary/aromatic N) is 1. The maximum absolute atomic E-state index is 13.0. The van der Waals surface area contributed by atoms with E-state index in [0.717, 1.165) is 45.8 Å². The maximum atomic E-state index is 13.0. The first-order valence-electron chi connectivity index (χ1n) is 12.0. The zero-order chi connectivity index (χ0) is 26.2. The highest BCUT2D eigenvalue weighted by Crippen LogP contribution is 2.37. The van der Waals surface area contributed by atoms with E-state index in [4.69, 9.17) is 9.47 Å². The van der Waals surface area contributed by atoms with E-state index >= 15 is 0 Å². The van der Waals surface area contributed by atoms with Crippen LogP contribution in [0.1, 0.15) is 28.7 Å². The van der Waals surface area contributed by atoms with Crippen LogP contribution in [0.3, 0.4) is 0 Å². The summed E-state index contributed by atoms with van der Waals surface area (Å²) >= 11 is 4.42. The molecule has 7 heteroatoms. The molecule has 3 aromatic carbocycles. The third kappa shape index (κ3) is 6.93. The van der Waals surface area contributed by atoms with Crippen molar-refractivity contribution in [2.75, 3.05) is 13.7 Å². The highest BCUT2D eigenvalue weighted by molar-refractivity contribution is 9.10. The summed E-state index contributed by atoms with van der Waals surface area (Å²) in [5.41, 5.74) is 3.87.